The predicted octanol–water partition coefficient (Wildman–Crippen LogP) is 2.67. The summed E-state index contributed by atoms with van der Waals surface area (Å²) in [6.45, 7) is 6.19. The summed E-state index contributed by atoms with van der Waals surface area (Å²) >= 11 is 0. The maximum absolute atomic E-state index is 11.5. The standard InChI is InChI=1S/C16H18N2O3/c1-10(2)9-21-13-6-4-12(5-7-13)15-8-14(11(3)19)16(20)18-17-15/h4-8,10H,9H2,1-3H3,(H,18,20). The molecular formula is C16H18N2O3. The molecule has 21 heavy (non-hydrogen) atoms. The van der Waals surface area contributed by atoms with Crippen molar-refractivity contribution in [1.82, 2.24) is 10.2 Å². The number of hydrogen-bond acceptors (Lipinski definition) is 4. The maximum atomic E-state index is 11.5. The zero-order chi connectivity index (χ0) is 15.4. The lowest BCUT2D eigenvalue weighted by atomic mass is 10.1. The van der Waals surface area contributed by atoms with E-state index in [1.807, 2.05) is 24.3 Å². The number of hydrogen-bond donors (Lipinski definition) is 1. The van der Waals surface area contributed by atoms with Gasteiger partial charge in [0.15, 0.2) is 5.78 Å². The molecule has 2 aromatic rings. The number of carbonyl (C=O) groups is 1. The molecule has 110 valence electrons. The third kappa shape index (κ3) is 3.78. The van der Waals surface area contributed by atoms with Gasteiger partial charge in [0.2, 0.25) is 0 Å². The van der Waals surface area contributed by atoms with Crippen molar-refractivity contribution in [3.63, 3.8) is 0 Å². The van der Waals surface area contributed by atoms with E-state index in [0.29, 0.717) is 18.2 Å². The van der Waals surface area contributed by atoms with E-state index < -0.39 is 5.56 Å². The van der Waals surface area contributed by atoms with E-state index in [2.05, 4.69) is 24.0 Å². The Morgan fingerprint density at radius 3 is 2.52 bits per heavy atom. The summed E-state index contributed by atoms with van der Waals surface area (Å²) in [4.78, 5) is 22.9. The summed E-state index contributed by atoms with van der Waals surface area (Å²) < 4.78 is 5.61. The van der Waals surface area contributed by atoms with Gasteiger partial charge in [-0.1, -0.05) is 13.8 Å². The number of carbonyl (C=O) groups excluding carboxylic acids is 1. The van der Waals surface area contributed by atoms with Crippen molar-refractivity contribution in [3.05, 3.63) is 46.2 Å². The molecule has 1 aromatic heterocycles. The number of ether oxygens (including phenoxy) is 1. The first-order chi connectivity index (χ1) is 9.97. The first-order valence-electron chi connectivity index (χ1n) is 6.81. The molecule has 2 rings (SSSR count). The summed E-state index contributed by atoms with van der Waals surface area (Å²) in [5, 5.41) is 6.31. The van der Waals surface area contributed by atoms with Crippen molar-refractivity contribution in [2.24, 2.45) is 5.92 Å². The van der Waals surface area contributed by atoms with Gasteiger partial charge in [-0.3, -0.25) is 9.59 Å². The van der Waals surface area contributed by atoms with Gasteiger partial charge in [0.05, 0.1) is 17.9 Å². The smallest absolute Gasteiger partial charge is 0.275 e. The Kier molecular flexibility index (Phi) is 4.52. The third-order valence-electron chi connectivity index (χ3n) is 2.92. The molecule has 0 saturated carbocycles. The Morgan fingerprint density at radius 2 is 1.95 bits per heavy atom. The molecule has 0 aliphatic heterocycles. The highest BCUT2D eigenvalue weighted by Gasteiger charge is 2.09. The lowest BCUT2D eigenvalue weighted by Crippen LogP contribution is -2.17. The van der Waals surface area contributed by atoms with Gasteiger partial charge in [-0.25, -0.2) is 5.10 Å². The van der Waals surface area contributed by atoms with Crippen LogP contribution in [0.5, 0.6) is 5.75 Å². The molecule has 1 aromatic carbocycles. The highest BCUT2D eigenvalue weighted by atomic mass is 16.5. The Hall–Kier alpha value is -2.43. The summed E-state index contributed by atoms with van der Waals surface area (Å²) in [6.07, 6.45) is 0. The van der Waals surface area contributed by atoms with E-state index in [1.54, 1.807) is 0 Å². The molecule has 0 radical (unpaired) electrons. The minimum absolute atomic E-state index is 0.111. The number of aromatic amines is 1. The van der Waals surface area contributed by atoms with Gasteiger partial charge in [0, 0.05) is 5.56 Å². The molecule has 0 aliphatic rings. The molecule has 0 bridgehead atoms. The SMILES string of the molecule is CC(=O)c1cc(-c2ccc(OCC(C)C)cc2)n[nH]c1=O. The maximum Gasteiger partial charge on any atom is 0.275 e. The normalized spacial score (nSPS) is 10.7. The average Bonchev–Trinajstić information content (AvgIpc) is 2.46. The van der Waals surface area contributed by atoms with Crippen LogP contribution in [0.25, 0.3) is 11.3 Å². The van der Waals surface area contributed by atoms with Gasteiger partial charge in [-0.2, -0.15) is 5.10 Å². The highest BCUT2D eigenvalue weighted by molar-refractivity contribution is 5.94. The number of aromatic nitrogens is 2. The van der Waals surface area contributed by atoms with Crippen molar-refractivity contribution in [2.75, 3.05) is 6.61 Å². The number of nitrogens with zero attached hydrogens (tertiary/aromatic N) is 1. The van der Waals surface area contributed by atoms with Gasteiger partial charge >= 0.3 is 0 Å². The Bertz CT molecular complexity index is 687. The molecule has 5 heteroatoms. The lowest BCUT2D eigenvalue weighted by molar-refractivity contribution is 0.101. The van der Waals surface area contributed by atoms with Gasteiger partial charge in [0.1, 0.15) is 5.75 Å². The third-order valence-corrected chi connectivity index (χ3v) is 2.92. The second-order valence-electron chi connectivity index (χ2n) is 5.28. The van der Waals surface area contributed by atoms with E-state index >= 15 is 0 Å². The van der Waals surface area contributed by atoms with Crippen molar-refractivity contribution in [1.29, 1.82) is 0 Å². The fraction of sp³-hybridized carbons (Fsp3) is 0.312. The topological polar surface area (TPSA) is 72.0 Å². The van der Waals surface area contributed by atoms with Crippen LogP contribution in [0.15, 0.2) is 35.1 Å². The minimum atomic E-state index is -0.469. The van der Waals surface area contributed by atoms with Crippen LogP contribution in [0.2, 0.25) is 0 Å². The largest absolute Gasteiger partial charge is 0.493 e. The van der Waals surface area contributed by atoms with E-state index in [9.17, 15) is 9.59 Å². The number of nitrogens with one attached hydrogen (secondary N) is 1. The predicted molar refractivity (Wildman–Crippen MR) is 80.6 cm³/mol. The van der Waals surface area contributed by atoms with E-state index in [0.717, 1.165) is 11.3 Å². The molecule has 0 spiro atoms. The van der Waals surface area contributed by atoms with Gasteiger partial charge < -0.3 is 4.74 Å². The minimum Gasteiger partial charge on any atom is -0.493 e. The molecule has 0 amide bonds. The van der Waals surface area contributed by atoms with Gasteiger partial charge in [-0.05, 0) is 43.2 Å². The van der Waals surface area contributed by atoms with Crippen molar-refractivity contribution in [3.8, 4) is 17.0 Å². The van der Waals surface area contributed by atoms with Crippen LogP contribution in [-0.2, 0) is 0 Å². The van der Waals surface area contributed by atoms with Gasteiger partial charge in [0.25, 0.3) is 5.56 Å². The molecule has 0 saturated heterocycles. The summed E-state index contributed by atoms with van der Waals surface area (Å²) in [5.74, 6) is 0.962. The number of Topliss-reactive ketones (excluding diaryl/α,β-unsaturated/α-hetero) is 1. The van der Waals surface area contributed by atoms with Crippen molar-refractivity contribution in [2.45, 2.75) is 20.8 Å². The van der Waals surface area contributed by atoms with Crippen LogP contribution >= 0.6 is 0 Å². The first kappa shape index (κ1) is 15.0. The molecule has 1 heterocycles. The average molecular weight is 286 g/mol. The van der Waals surface area contributed by atoms with E-state index in [-0.39, 0.29) is 11.3 Å². The zero-order valence-corrected chi connectivity index (χ0v) is 12.3. The van der Waals surface area contributed by atoms with E-state index in [4.69, 9.17) is 4.74 Å². The molecular weight excluding hydrogens is 268 g/mol. The van der Waals surface area contributed by atoms with E-state index in [1.165, 1.54) is 13.0 Å². The zero-order valence-electron chi connectivity index (χ0n) is 12.3. The van der Waals surface area contributed by atoms with Crippen LogP contribution in [0.4, 0.5) is 0 Å². The Morgan fingerprint density at radius 1 is 1.29 bits per heavy atom. The Balaban J connectivity index is 2.24. The number of ketones is 1. The molecule has 0 unspecified atom stereocenters. The van der Waals surface area contributed by atoms with Crippen LogP contribution in [0.3, 0.4) is 0 Å². The summed E-state index contributed by atoms with van der Waals surface area (Å²) in [7, 11) is 0. The first-order valence-corrected chi connectivity index (χ1v) is 6.81. The fourth-order valence-electron chi connectivity index (χ4n) is 1.80. The fourth-order valence-corrected chi connectivity index (χ4v) is 1.80. The Labute approximate surface area is 123 Å². The monoisotopic (exact) mass is 286 g/mol. The molecule has 1 N–H and O–H groups in total. The quantitative estimate of drug-likeness (QED) is 0.858. The number of H-pyrrole nitrogens is 1. The molecule has 0 aliphatic carbocycles. The van der Waals surface area contributed by atoms with Crippen LogP contribution in [-0.4, -0.2) is 22.6 Å². The molecule has 0 fully saturated rings. The number of rotatable bonds is 5. The van der Waals surface area contributed by atoms with Gasteiger partial charge in [-0.15, -0.1) is 0 Å². The van der Waals surface area contributed by atoms with Crippen LogP contribution < -0.4 is 10.3 Å². The van der Waals surface area contributed by atoms with Crippen molar-refractivity contribution < 1.29 is 9.53 Å². The van der Waals surface area contributed by atoms with Crippen molar-refractivity contribution >= 4 is 5.78 Å². The van der Waals surface area contributed by atoms with Crippen LogP contribution in [0, 0.1) is 5.92 Å². The molecule has 0 atom stereocenters. The second-order valence-corrected chi connectivity index (χ2v) is 5.28. The lowest BCUT2D eigenvalue weighted by Gasteiger charge is -2.09. The molecule has 5 nitrogen and oxygen atoms in total. The summed E-state index contributed by atoms with van der Waals surface area (Å²) in [5.41, 5.74) is 1.00. The highest BCUT2D eigenvalue weighted by Crippen LogP contribution is 2.20. The second kappa shape index (κ2) is 6.35. The summed E-state index contributed by atoms with van der Waals surface area (Å²) in [6, 6.07) is 8.89. The number of benzene rings is 1. The van der Waals surface area contributed by atoms with Crippen LogP contribution in [0.1, 0.15) is 31.1 Å².